The Morgan fingerprint density at radius 1 is 1.03 bits per heavy atom. The van der Waals surface area contributed by atoms with Crippen molar-refractivity contribution >= 4 is 39.0 Å². The van der Waals surface area contributed by atoms with E-state index in [1.807, 2.05) is 31.2 Å². The molecule has 3 rings (SSSR count). The standard InChI is InChI=1S/C20H21N5O3S2/c1-14(15-4-8-17(28-2)9-5-15)23-20(29)24-16-6-10-18(11-7-16)30(26,27)25-19-21-12-3-13-22-19/h3-14H,1-2H3,(H,21,22,25)(H2,23,24,29). The van der Waals surface area contributed by atoms with E-state index in [0.717, 1.165) is 11.3 Å². The zero-order valence-electron chi connectivity index (χ0n) is 16.4. The van der Waals surface area contributed by atoms with Gasteiger partial charge in [-0.05, 0) is 67.2 Å². The lowest BCUT2D eigenvalue weighted by molar-refractivity contribution is 0.414. The summed E-state index contributed by atoms with van der Waals surface area (Å²) >= 11 is 5.36. The lowest BCUT2D eigenvalue weighted by Gasteiger charge is -2.18. The van der Waals surface area contributed by atoms with Gasteiger partial charge in [-0.1, -0.05) is 12.1 Å². The fourth-order valence-electron chi connectivity index (χ4n) is 2.59. The SMILES string of the molecule is COc1ccc(C(C)NC(=S)Nc2ccc(S(=O)(=O)Nc3ncccn3)cc2)cc1. The number of aromatic nitrogens is 2. The molecule has 1 unspecified atom stereocenters. The second-order valence-electron chi connectivity index (χ2n) is 6.30. The second-order valence-corrected chi connectivity index (χ2v) is 8.39. The molecule has 0 saturated heterocycles. The number of hydrogen-bond donors (Lipinski definition) is 3. The Labute approximate surface area is 180 Å². The van der Waals surface area contributed by atoms with Gasteiger partial charge in [-0.2, -0.15) is 0 Å². The van der Waals surface area contributed by atoms with E-state index in [1.54, 1.807) is 25.3 Å². The van der Waals surface area contributed by atoms with E-state index < -0.39 is 10.0 Å². The first kappa shape index (κ1) is 21.5. The van der Waals surface area contributed by atoms with Crippen molar-refractivity contribution in [3.05, 3.63) is 72.6 Å². The van der Waals surface area contributed by atoms with E-state index in [-0.39, 0.29) is 16.9 Å². The van der Waals surface area contributed by atoms with Crippen LogP contribution in [0.2, 0.25) is 0 Å². The molecule has 1 heterocycles. The third-order valence-corrected chi connectivity index (χ3v) is 5.74. The Balaban J connectivity index is 1.59. The number of methoxy groups -OCH3 is 1. The van der Waals surface area contributed by atoms with Crippen LogP contribution in [0.1, 0.15) is 18.5 Å². The summed E-state index contributed by atoms with van der Waals surface area (Å²) in [5.74, 6) is 0.799. The first-order valence-electron chi connectivity index (χ1n) is 8.99. The van der Waals surface area contributed by atoms with Crippen LogP contribution in [-0.4, -0.2) is 30.6 Å². The zero-order valence-corrected chi connectivity index (χ0v) is 18.0. The summed E-state index contributed by atoms with van der Waals surface area (Å²) in [5.41, 5.74) is 1.71. The monoisotopic (exact) mass is 443 g/mol. The van der Waals surface area contributed by atoms with Crippen molar-refractivity contribution in [2.75, 3.05) is 17.1 Å². The van der Waals surface area contributed by atoms with Crippen molar-refractivity contribution in [3.8, 4) is 5.75 Å². The number of benzene rings is 2. The lowest BCUT2D eigenvalue weighted by Crippen LogP contribution is -2.30. The Morgan fingerprint density at radius 3 is 2.27 bits per heavy atom. The van der Waals surface area contributed by atoms with Crippen molar-refractivity contribution in [2.45, 2.75) is 17.9 Å². The van der Waals surface area contributed by atoms with Gasteiger partial charge >= 0.3 is 0 Å². The largest absolute Gasteiger partial charge is 0.497 e. The van der Waals surface area contributed by atoms with Crippen molar-refractivity contribution in [1.82, 2.24) is 15.3 Å². The molecule has 0 spiro atoms. The van der Waals surface area contributed by atoms with Gasteiger partial charge in [0.1, 0.15) is 5.75 Å². The van der Waals surface area contributed by atoms with Gasteiger partial charge in [-0.15, -0.1) is 0 Å². The van der Waals surface area contributed by atoms with Crippen molar-refractivity contribution in [2.24, 2.45) is 0 Å². The van der Waals surface area contributed by atoms with Gasteiger partial charge in [0, 0.05) is 18.1 Å². The number of sulfonamides is 1. The minimum absolute atomic E-state index is 0.0117. The van der Waals surface area contributed by atoms with E-state index in [2.05, 4.69) is 25.3 Å². The highest BCUT2D eigenvalue weighted by Gasteiger charge is 2.15. The number of rotatable bonds is 7. The fraction of sp³-hybridized carbons (Fsp3) is 0.150. The average molecular weight is 444 g/mol. The molecule has 0 aliphatic heterocycles. The molecule has 0 bridgehead atoms. The van der Waals surface area contributed by atoms with Gasteiger partial charge in [-0.3, -0.25) is 0 Å². The van der Waals surface area contributed by atoms with Gasteiger partial charge in [-0.25, -0.2) is 23.1 Å². The molecule has 3 aromatic rings. The smallest absolute Gasteiger partial charge is 0.264 e. The molecule has 0 fully saturated rings. The molecule has 3 N–H and O–H groups in total. The van der Waals surface area contributed by atoms with Gasteiger partial charge in [0.15, 0.2) is 5.11 Å². The number of anilines is 2. The molecule has 1 aromatic heterocycles. The van der Waals surface area contributed by atoms with E-state index in [1.165, 1.54) is 24.5 Å². The summed E-state index contributed by atoms with van der Waals surface area (Å²) in [6.07, 6.45) is 2.91. The molecule has 156 valence electrons. The summed E-state index contributed by atoms with van der Waals surface area (Å²) in [7, 11) is -2.16. The van der Waals surface area contributed by atoms with Crippen LogP contribution in [0.3, 0.4) is 0 Å². The number of thiocarbonyl (C=S) groups is 1. The molecule has 1 atom stereocenters. The molecule has 2 aromatic carbocycles. The molecule has 0 aliphatic carbocycles. The summed E-state index contributed by atoms with van der Waals surface area (Å²) in [4.78, 5) is 7.81. The Bertz CT molecular complexity index is 1090. The first-order chi connectivity index (χ1) is 14.4. The molecular formula is C20H21N5O3S2. The van der Waals surface area contributed by atoms with Crippen molar-refractivity contribution in [1.29, 1.82) is 0 Å². The summed E-state index contributed by atoms with van der Waals surface area (Å²) in [6, 6.07) is 15.5. The maximum absolute atomic E-state index is 12.4. The molecule has 8 nitrogen and oxygen atoms in total. The van der Waals surface area contributed by atoms with Crippen LogP contribution in [0.4, 0.5) is 11.6 Å². The predicted molar refractivity (Wildman–Crippen MR) is 120 cm³/mol. The molecule has 0 aliphatic rings. The highest BCUT2D eigenvalue weighted by Crippen LogP contribution is 2.19. The van der Waals surface area contributed by atoms with Gasteiger partial charge in [0.2, 0.25) is 5.95 Å². The Kier molecular flexibility index (Phi) is 6.80. The lowest BCUT2D eigenvalue weighted by atomic mass is 10.1. The normalized spacial score (nSPS) is 11.9. The Hall–Kier alpha value is -3.24. The van der Waals surface area contributed by atoms with E-state index in [0.29, 0.717) is 10.8 Å². The van der Waals surface area contributed by atoms with E-state index in [9.17, 15) is 8.42 Å². The predicted octanol–water partition coefficient (Wildman–Crippen LogP) is 3.33. The van der Waals surface area contributed by atoms with Crippen LogP contribution >= 0.6 is 12.2 Å². The number of ether oxygens (including phenoxy) is 1. The van der Waals surface area contributed by atoms with Crippen LogP contribution in [0.15, 0.2) is 71.9 Å². The minimum atomic E-state index is -3.78. The maximum Gasteiger partial charge on any atom is 0.264 e. The maximum atomic E-state index is 12.4. The van der Waals surface area contributed by atoms with Crippen LogP contribution < -0.4 is 20.1 Å². The zero-order chi connectivity index (χ0) is 21.6. The average Bonchev–Trinajstić information content (AvgIpc) is 2.74. The molecule has 0 amide bonds. The van der Waals surface area contributed by atoms with E-state index in [4.69, 9.17) is 17.0 Å². The molecule has 10 heteroatoms. The van der Waals surface area contributed by atoms with Crippen LogP contribution in [0.25, 0.3) is 0 Å². The second kappa shape index (κ2) is 9.51. The van der Waals surface area contributed by atoms with Crippen molar-refractivity contribution in [3.63, 3.8) is 0 Å². The number of nitrogens with one attached hydrogen (secondary N) is 3. The third-order valence-electron chi connectivity index (χ3n) is 4.18. The topological polar surface area (TPSA) is 105 Å². The number of hydrogen-bond acceptors (Lipinski definition) is 6. The van der Waals surface area contributed by atoms with Gasteiger partial charge < -0.3 is 15.4 Å². The number of nitrogens with zero attached hydrogens (tertiary/aromatic N) is 2. The highest BCUT2D eigenvalue weighted by molar-refractivity contribution is 7.92. The van der Waals surface area contributed by atoms with Crippen LogP contribution in [0.5, 0.6) is 5.75 Å². The summed E-state index contributed by atoms with van der Waals surface area (Å²) in [6.45, 7) is 1.99. The van der Waals surface area contributed by atoms with Crippen LogP contribution in [-0.2, 0) is 10.0 Å². The van der Waals surface area contributed by atoms with E-state index >= 15 is 0 Å². The fourth-order valence-corrected chi connectivity index (χ4v) is 3.84. The van der Waals surface area contributed by atoms with Crippen molar-refractivity contribution < 1.29 is 13.2 Å². The molecule has 0 radical (unpaired) electrons. The summed E-state index contributed by atoms with van der Waals surface area (Å²) in [5, 5.41) is 6.66. The van der Waals surface area contributed by atoms with Gasteiger partial charge in [0.05, 0.1) is 18.0 Å². The summed E-state index contributed by atoms with van der Waals surface area (Å²) < 4.78 is 32.3. The molecular weight excluding hydrogens is 422 g/mol. The molecule has 0 saturated carbocycles. The third kappa shape index (κ3) is 5.65. The quantitative estimate of drug-likeness (QED) is 0.478. The molecule has 30 heavy (non-hydrogen) atoms. The van der Waals surface area contributed by atoms with Crippen LogP contribution in [0, 0.1) is 0 Å². The van der Waals surface area contributed by atoms with Gasteiger partial charge in [0.25, 0.3) is 10.0 Å². The highest BCUT2D eigenvalue weighted by atomic mass is 32.2. The Morgan fingerprint density at radius 2 is 1.67 bits per heavy atom. The first-order valence-corrected chi connectivity index (χ1v) is 10.9. The minimum Gasteiger partial charge on any atom is -0.497 e.